The maximum Gasteiger partial charge on any atom is 0.165 e. The lowest BCUT2D eigenvalue weighted by molar-refractivity contribution is 0.306. The predicted molar refractivity (Wildman–Crippen MR) is 70.8 cm³/mol. The summed E-state index contributed by atoms with van der Waals surface area (Å²) in [5.41, 5.74) is 6.56. The van der Waals surface area contributed by atoms with E-state index in [-0.39, 0.29) is 5.75 Å². The van der Waals surface area contributed by atoms with Crippen LogP contribution in [0.3, 0.4) is 0 Å². The second kappa shape index (κ2) is 6.06. The van der Waals surface area contributed by atoms with Gasteiger partial charge in [0.05, 0.1) is 19.5 Å². The van der Waals surface area contributed by atoms with Gasteiger partial charge in [0, 0.05) is 17.9 Å². The first-order chi connectivity index (χ1) is 8.39. The predicted octanol–water partition coefficient (Wildman–Crippen LogP) is 1.14. The van der Waals surface area contributed by atoms with E-state index in [1.165, 1.54) is 7.11 Å². The molecule has 0 amide bonds. The van der Waals surface area contributed by atoms with E-state index in [1.54, 1.807) is 18.2 Å². The van der Waals surface area contributed by atoms with Gasteiger partial charge < -0.3 is 15.2 Å². The van der Waals surface area contributed by atoms with E-state index < -0.39 is 15.9 Å². The first-order valence-corrected chi connectivity index (χ1v) is 7.68. The Kier molecular flexibility index (Phi) is 4.98. The summed E-state index contributed by atoms with van der Waals surface area (Å²) in [6, 6.07) is 4.64. The van der Waals surface area contributed by atoms with Crippen molar-refractivity contribution in [2.24, 2.45) is 5.73 Å². The molecule has 1 atom stereocenters. The Bertz CT molecular complexity index is 499. The summed E-state index contributed by atoms with van der Waals surface area (Å²) in [7, 11) is -1.61. The van der Waals surface area contributed by atoms with E-state index in [1.807, 2.05) is 6.92 Å². The highest BCUT2D eigenvalue weighted by Crippen LogP contribution is 2.34. The third kappa shape index (κ3) is 3.89. The van der Waals surface area contributed by atoms with E-state index in [2.05, 4.69) is 0 Å². The van der Waals surface area contributed by atoms with Gasteiger partial charge in [0.1, 0.15) is 9.84 Å². The van der Waals surface area contributed by atoms with Gasteiger partial charge in [-0.05, 0) is 13.0 Å². The molecule has 0 radical (unpaired) electrons. The van der Waals surface area contributed by atoms with Gasteiger partial charge in [-0.1, -0.05) is 12.1 Å². The Hall–Kier alpha value is -1.27. The summed E-state index contributed by atoms with van der Waals surface area (Å²) in [4.78, 5) is 0. The van der Waals surface area contributed by atoms with Crippen LogP contribution in [-0.2, 0) is 9.84 Å². The molecule has 0 aliphatic rings. The van der Waals surface area contributed by atoms with Gasteiger partial charge in [-0.15, -0.1) is 0 Å². The van der Waals surface area contributed by atoms with E-state index >= 15 is 0 Å². The molecule has 1 aromatic rings. The van der Waals surface area contributed by atoms with Gasteiger partial charge in [-0.25, -0.2) is 8.42 Å². The van der Waals surface area contributed by atoms with Crippen LogP contribution in [0.2, 0.25) is 0 Å². The minimum Gasteiger partial charge on any atom is -0.493 e. The maximum atomic E-state index is 11.3. The van der Waals surface area contributed by atoms with Crippen LogP contribution in [-0.4, -0.2) is 34.1 Å². The molecule has 0 aromatic heterocycles. The number of hydrogen-bond donors (Lipinski definition) is 1. The largest absolute Gasteiger partial charge is 0.493 e. The van der Waals surface area contributed by atoms with Crippen LogP contribution in [0, 0.1) is 0 Å². The number of methoxy groups -OCH3 is 1. The van der Waals surface area contributed by atoms with Crippen LogP contribution >= 0.6 is 0 Å². The third-order valence-electron chi connectivity index (χ3n) is 2.40. The smallest absolute Gasteiger partial charge is 0.165 e. The molecule has 0 heterocycles. The first kappa shape index (κ1) is 14.8. The van der Waals surface area contributed by atoms with Crippen LogP contribution in [0.1, 0.15) is 18.5 Å². The van der Waals surface area contributed by atoms with Crippen molar-refractivity contribution < 1.29 is 17.9 Å². The number of benzene rings is 1. The minimum atomic E-state index is -3.14. The normalized spacial score (nSPS) is 13.1. The van der Waals surface area contributed by atoms with Crippen LogP contribution in [0.4, 0.5) is 0 Å². The Morgan fingerprint density at radius 1 is 1.39 bits per heavy atom. The molecule has 2 N–H and O–H groups in total. The second-order valence-electron chi connectivity index (χ2n) is 4.01. The lowest BCUT2D eigenvalue weighted by Crippen LogP contribution is -2.21. The minimum absolute atomic E-state index is 0.125. The number of rotatable bonds is 6. The molecule has 0 spiro atoms. The summed E-state index contributed by atoms with van der Waals surface area (Å²) in [5.74, 6) is 0.942. The number of nitrogens with two attached hydrogens (primary N) is 1. The Morgan fingerprint density at radius 3 is 2.56 bits per heavy atom. The average molecular weight is 273 g/mol. The lowest BCUT2D eigenvalue weighted by atomic mass is 10.1. The summed E-state index contributed by atoms with van der Waals surface area (Å²) < 4.78 is 33.3. The van der Waals surface area contributed by atoms with Crippen LogP contribution in [0.15, 0.2) is 18.2 Å². The van der Waals surface area contributed by atoms with E-state index in [0.717, 1.165) is 6.26 Å². The Morgan fingerprint density at radius 2 is 2.06 bits per heavy atom. The molecule has 0 aliphatic heterocycles. The highest BCUT2D eigenvalue weighted by Gasteiger charge is 2.19. The zero-order valence-electron chi connectivity index (χ0n) is 10.8. The quantitative estimate of drug-likeness (QED) is 0.840. The fourth-order valence-electron chi connectivity index (χ4n) is 1.70. The van der Waals surface area contributed by atoms with Gasteiger partial charge in [-0.3, -0.25) is 0 Å². The third-order valence-corrected chi connectivity index (χ3v) is 3.36. The Labute approximate surface area is 108 Å². The average Bonchev–Trinajstić information content (AvgIpc) is 2.27. The standard InChI is InChI=1S/C12H19NO4S/c1-4-17-12-9(6-5-7-11(12)16-2)10(13)8-18(3,14)15/h5-7,10H,4,8,13H2,1-3H3. The fourth-order valence-corrected chi connectivity index (χ4v) is 2.53. The Balaban J connectivity index is 3.14. The first-order valence-electron chi connectivity index (χ1n) is 5.62. The van der Waals surface area contributed by atoms with Crippen molar-refractivity contribution in [3.8, 4) is 11.5 Å². The molecule has 5 nitrogen and oxygen atoms in total. The van der Waals surface area contributed by atoms with Crippen molar-refractivity contribution in [2.75, 3.05) is 25.7 Å². The molecule has 0 bridgehead atoms. The van der Waals surface area contributed by atoms with Crippen molar-refractivity contribution in [3.05, 3.63) is 23.8 Å². The molecule has 1 rings (SSSR count). The second-order valence-corrected chi connectivity index (χ2v) is 6.20. The molecule has 0 saturated heterocycles. The zero-order chi connectivity index (χ0) is 13.8. The molecular formula is C12H19NO4S. The van der Waals surface area contributed by atoms with Gasteiger partial charge in [0.25, 0.3) is 0 Å². The SMILES string of the molecule is CCOc1c(OC)cccc1C(N)CS(C)(=O)=O. The lowest BCUT2D eigenvalue weighted by Gasteiger charge is -2.18. The van der Waals surface area contributed by atoms with Crippen molar-refractivity contribution >= 4 is 9.84 Å². The molecule has 6 heteroatoms. The molecule has 18 heavy (non-hydrogen) atoms. The summed E-state index contributed by atoms with van der Waals surface area (Å²) in [6.07, 6.45) is 1.16. The number of para-hydroxylation sites is 1. The van der Waals surface area contributed by atoms with Gasteiger partial charge in [0.15, 0.2) is 11.5 Å². The number of hydrogen-bond acceptors (Lipinski definition) is 5. The zero-order valence-corrected chi connectivity index (χ0v) is 11.7. The van der Waals surface area contributed by atoms with Crippen LogP contribution in [0.25, 0.3) is 0 Å². The molecule has 0 fully saturated rings. The molecule has 1 unspecified atom stereocenters. The van der Waals surface area contributed by atoms with Gasteiger partial charge in [-0.2, -0.15) is 0 Å². The summed E-state index contributed by atoms with van der Waals surface area (Å²) in [6.45, 7) is 2.30. The van der Waals surface area contributed by atoms with E-state index in [4.69, 9.17) is 15.2 Å². The topological polar surface area (TPSA) is 78.6 Å². The number of ether oxygens (including phenoxy) is 2. The fraction of sp³-hybridized carbons (Fsp3) is 0.500. The van der Waals surface area contributed by atoms with Crippen LogP contribution in [0.5, 0.6) is 11.5 Å². The maximum absolute atomic E-state index is 11.3. The van der Waals surface area contributed by atoms with Crippen molar-refractivity contribution in [1.29, 1.82) is 0 Å². The van der Waals surface area contributed by atoms with Crippen molar-refractivity contribution in [3.63, 3.8) is 0 Å². The highest BCUT2D eigenvalue weighted by molar-refractivity contribution is 7.90. The molecule has 0 aliphatic carbocycles. The molecule has 102 valence electrons. The number of sulfone groups is 1. The van der Waals surface area contributed by atoms with E-state index in [0.29, 0.717) is 23.7 Å². The summed E-state index contributed by atoms with van der Waals surface area (Å²) >= 11 is 0. The van der Waals surface area contributed by atoms with Crippen molar-refractivity contribution in [1.82, 2.24) is 0 Å². The van der Waals surface area contributed by atoms with E-state index in [9.17, 15) is 8.42 Å². The molecular weight excluding hydrogens is 254 g/mol. The highest BCUT2D eigenvalue weighted by atomic mass is 32.2. The van der Waals surface area contributed by atoms with Crippen molar-refractivity contribution in [2.45, 2.75) is 13.0 Å². The summed E-state index contributed by atoms with van der Waals surface area (Å²) in [5, 5.41) is 0. The van der Waals surface area contributed by atoms with Gasteiger partial charge >= 0.3 is 0 Å². The molecule has 1 aromatic carbocycles. The monoisotopic (exact) mass is 273 g/mol. The van der Waals surface area contributed by atoms with Gasteiger partial charge in [0.2, 0.25) is 0 Å². The molecule has 0 saturated carbocycles. The van der Waals surface area contributed by atoms with Crippen LogP contribution < -0.4 is 15.2 Å².